The van der Waals surface area contributed by atoms with Crippen LogP contribution in [0.3, 0.4) is 0 Å². The molecule has 1 unspecified atom stereocenters. The zero-order valence-corrected chi connectivity index (χ0v) is 10.5. The molecule has 1 aromatic carbocycles. The molecule has 3 N–H and O–H groups in total. The zero-order valence-electron chi connectivity index (χ0n) is 9.72. The number of nitrogens with two attached hydrogens (primary N) is 1. The van der Waals surface area contributed by atoms with Gasteiger partial charge in [0.05, 0.1) is 0 Å². The van der Waals surface area contributed by atoms with E-state index in [1.165, 1.54) is 18.2 Å². The van der Waals surface area contributed by atoms with Gasteiger partial charge in [-0.1, -0.05) is 32.4 Å². The van der Waals surface area contributed by atoms with Crippen LogP contribution in [0.5, 0.6) is 0 Å². The Morgan fingerprint density at radius 1 is 1.38 bits per heavy atom. The van der Waals surface area contributed by atoms with E-state index < -0.39 is 16.8 Å². The highest BCUT2D eigenvalue weighted by Gasteiger charge is 2.42. The molecule has 0 fully saturated rings. The number of hydrogen-bond donors (Lipinski definition) is 2. The third-order valence-electron chi connectivity index (χ3n) is 2.91. The van der Waals surface area contributed by atoms with Crippen molar-refractivity contribution >= 4 is 11.6 Å². The monoisotopic (exact) mass is 245 g/mol. The zero-order chi connectivity index (χ0) is 12.6. The van der Waals surface area contributed by atoms with E-state index in [1.807, 2.05) is 20.8 Å². The van der Waals surface area contributed by atoms with Crippen LogP contribution < -0.4 is 5.73 Å². The van der Waals surface area contributed by atoms with Crippen molar-refractivity contribution < 1.29 is 9.50 Å². The summed E-state index contributed by atoms with van der Waals surface area (Å²) >= 11 is 5.98. The van der Waals surface area contributed by atoms with Crippen molar-refractivity contribution in [1.29, 1.82) is 0 Å². The summed E-state index contributed by atoms with van der Waals surface area (Å²) in [6.45, 7) is 5.49. The number of rotatable bonds is 2. The third-order valence-corrected chi connectivity index (χ3v) is 3.24. The maximum absolute atomic E-state index is 13.2. The van der Waals surface area contributed by atoms with Gasteiger partial charge in [0.1, 0.15) is 11.4 Å². The van der Waals surface area contributed by atoms with Crippen molar-refractivity contribution in [3.63, 3.8) is 0 Å². The molecular formula is C12H17ClFNO. The summed E-state index contributed by atoms with van der Waals surface area (Å²) in [4.78, 5) is 0. The fraction of sp³-hybridized carbons (Fsp3) is 0.500. The van der Waals surface area contributed by atoms with Gasteiger partial charge in [0.2, 0.25) is 0 Å². The SMILES string of the molecule is CC(C)(C)C(O)(CN)c1cc(F)ccc1Cl. The Kier molecular flexibility index (Phi) is 3.62. The Morgan fingerprint density at radius 3 is 2.38 bits per heavy atom. The van der Waals surface area contributed by atoms with Crippen LogP contribution in [0, 0.1) is 11.2 Å². The standard InChI is InChI=1S/C12H17ClFNO/c1-11(2,3)12(16,7-15)9-6-8(14)4-5-10(9)13/h4-6,16H,7,15H2,1-3H3. The molecule has 2 nitrogen and oxygen atoms in total. The fourth-order valence-electron chi connectivity index (χ4n) is 1.63. The minimum Gasteiger partial charge on any atom is -0.383 e. The Bertz CT molecular complexity index is 389. The predicted molar refractivity (Wildman–Crippen MR) is 63.8 cm³/mol. The molecule has 16 heavy (non-hydrogen) atoms. The van der Waals surface area contributed by atoms with Crippen LogP contribution >= 0.6 is 11.6 Å². The van der Waals surface area contributed by atoms with Crippen molar-refractivity contribution in [2.45, 2.75) is 26.4 Å². The largest absolute Gasteiger partial charge is 0.383 e. The second-order valence-corrected chi connectivity index (χ2v) is 5.35. The average molecular weight is 246 g/mol. The molecule has 0 saturated heterocycles. The summed E-state index contributed by atoms with van der Waals surface area (Å²) in [5.74, 6) is -0.435. The Labute approximate surface area is 100 Å². The predicted octanol–water partition coefficient (Wildman–Crippen LogP) is 2.67. The summed E-state index contributed by atoms with van der Waals surface area (Å²) in [5.41, 5.74) is 4.08. The van der Waals surface area contributed by atoms with E-state index in [0.717, 1.165) is 0 Å². The first-order chi connectivity index (χ1) is 7.22. The third kappa shape index (κ3) is 2.21. The van der Waals surface area contributed by atoms with Gasteiger partial charge >= 0.3 is 0 Å². The van der Waals surface area contributed by atoms with Gasteiger partial charge in [-0.15, -0.1) is 0 Å². The molecule has 0 aliphatic carbocycles. The Morgan fingerprint density at radius 2 is 1.94 bits per heavy atom. The molecule has 1 rings (SSSR count). The minimum atomic E-state index is -1.34. The molecule has 0 aliphatic heterocycles. The molecule has 4 heteroatoms. The molecule has 0 heterocycles. The van der Waals surface area contributed by atoms with Crippen LogP contribution in [0.4, 0.5) is 4.39 Å². The van der Waals surface area contributed by atoms with Crippen LogP contribution in [0.1, 0.15) is 26.3 Å². The van der Waals surface area contributed by atoms with Crippen molar-refractivity contribution in [3.8, 4) is 0 Å². The fourth-order valence-corrected chi connectivity index (χ4v) is 1.91. The van der Waals surface area contributed by atoms with Crippen LogP contribution in [0.2, 0.25) is 5.02 Å². The van der Waals surface area contributed by atoms with Gasteiger partial charge in [-0.3, -0.25) is 0 Å². The van der Waals surface area contributed by atoms with E-state index in [-0.39, 0.29) is 6.54 Å². The lowest BCUT2D eigenvalue weighted by Crippen LogP contribution is -2.46. The Balaban J connectivity index is 3.39. The molecule has 0 radical (unpaired) electrons. The summed E-state index contributed by atoms with van der Waals surface area (Å²) in [6.07, 6.45) is 0. The van der Waals surface area contributed by atoms with Gasteiger partial charge in [0, 0.05) is 17.1 Å². The van der Waals surface area contributed by atoms with Crippen molar-refractivity contribution in [3.05, 3.63) is 34.6 Å². The number of halogens is 2. The van der Waals surface area contributed by atoms with Crippen molar-refractivity contribution in [1.82, 2.24) is 0 Å². The molecule has 1 aromatic rings. The minimum absolute atomic E-state index is 0.0142. The van der Waals surface area contributed by atoms with Crippen molar-refractivity contribution in [2.75, 3.05) is 6.54 Å². The summed E-state index contributed by atoms with van der Waals surface area (Å²) < 4.78 is 13.2. The Hall–Kier alpha value is -0.640. The summed E-state index contributed by atoms with van der Waals surface area (Å²) in [5, 5.41) is 10.9. The molecule has 0 bridgehead atoms. The molecular weight excluding hydrogens is 229 g/mol. The molecule has 0 amide bonds. The molecule has 90 valence electrons. The molecule has 0 aliphatic rings. The van der Waals surface area contributed by atoms with Gasteiger partial charge < -0.3 is 10.8 Å². The number of benzene rings is 1. The average Bonchev–Trinajstić information content (AvgIpc) is 2.19. The highest BCUT2D eigenvalue weighted by molar-refractivity contribution is 6.31. The second kappa shape index (κ2) is 4.32. The lowest BCUT2D eigenvalue weighted by Gasteiger charge is -2.40. The molecule has 0 spiro atoms. The lowest BCUT2D eigenvalue weighted by atomic mass is 9.72. The van der Waals surface area contributed by atoms with Gasteiger partial charge in [-0.2, -0.15) is 0 Å². The van der Waals surface area contributed by atoms with Crippen LogP contribution in [-0.4, -0.2) is 11.7 Å². The van der Waals surface area contributed by atoms with Crippen LogP contribution in [-0.2, 0) is 5.60 Å². The van der Waals surface area contributed by atoms with E-state index in [4.69, 9.17) is 17.3 Å². The van der Waals surface area contributed by atoms with Gasteiger partial charge in [0.25, 0.3) is 0 Å². The van der Waals surface area contributed by atoms with Crippen LogP contribution in [0.25, 0.3) is 0 Å². The quantitative estimate of drug-likeness (QED) is 0.842. The number of hydrogen-bond acceptors (Lipinski definition) is 2. The second-order valence-electron chi connectivity index (χ2n) is 4.94. The highest BCUT2D eigenvalue weighted by atomic mass is 35.5. The van der Waals surface area contributed by atoms with E-state index in [9.17, 15) is 9.50 Å². The van der Waals surface area contributed by atoms with E-state index in [1.54, 1.807) is 0 Å². The normalized spacial score (nSPS) is 15.9. The lowest BCUT2D eigenvalue weighted by molar-refractivity contribution is -0.0558. The van der Waals surface area contributed by atoms with Gasteiger partial charge in [0.15, 0.2) is 0 Å². The smallest absolute Gasteiger partial charge is 0.123 e. The first-order valence-electron chi connectivity index (χ1n) is 5.10. The molecule has 0 saturated carbocycles. The summed E-state index contributed by atoms with van der Waals surface area (Å²) in [6, 6.07) is 3.92. The maximum atomic E-state index is 13.2. The van der Waals surface area contributed by atoms with Gasteiger partial charge in [-0.05, 0) is 23.6 Å². The topological polar surface area (TPSA) is 46.2 Å². The van der Waals surface area contributed by atoms with Crippen molar-refractivity contribution in [2.24, 2.45) is 11.1 Å². The van der Waals surface area contributed by atoms with Gasteiger partial charge in [-0.25, -0.2) is 4.39 Å². The van der Waals surface area contributed by atoms with E-state index in [2.05, 4.69) is 0 Å². The van der Waals surface area contributed by atoms with E-state index in [0.29, 0.717) is 10.6 Å². The molecule has 0 aromatic heterocycles. The van der Waals surface area contributed by atoms with E-state index >= 15 is 0 Å². The van der Waals surface area contributed by atoms with Crippen LogP contribution in [0.15, 0.2) is 18.2 Å². The summed E-state index contributed by atoms with van der Waals surface area (Å²) in [7, 11) is 0. The maximum Gasteiger partial charge on any atom is 0.123 e. The first-order valence-corrected chi connectivity index (χ1v) is 5.48. The number of aliphatic hydroxyl groups is 1. The molecule has 1 atom stereocenters. The highest BCUT2D eigenvalue weighted by Crippen LogP contribution is 2.41. The first kappa shape index (κ1) is 13.4.